The molecule has 19 heavy (non-hydrogen) atoms. The summed E-state index contributed by atoms with van der Waals surface area (Å²) in [4.78, 5) is 0. The molecule has 0 heterocycles. The highest BCUT2D eigenvalue weighted by Gasteiger charge is 2.05. The van der Waals surface area contributed by atoms with Gasteiger partial charge in [-0.15, -0.1) is 0 Å². The summed E-state index contributed by atoms with van der Waals surface area (Å²) >= 11 is 9.26. The lowest BCUT2D eigenvalue weighted by molar-refractivity contribution is 0.280. The second kappa shape index (κ2) is 6.07. The smallest absolute Gasteiger partial charge is 0.129 e. The number of nitrogens with zero attached hydrogens (tertiary/aromatic N) is 1. The van der Waals surface area contributed by atoms with Gasteiger partial charge < -0.3 is 9.84 Å². The van der Waals surface area contributed by atoms with Crippen LogP contribution in [0.25, 0.3) is 0 Å². The Morgan fingerprint density at radius 2 is 1.89 bits per heavy atom. The molecule has 2 aromatic rings. The van der Waals surface area contributed by atoms with Gasteiger partial charge in [0.25, 0.3) is 0 Å². The molecule has 0 fully saturated rings. The van der Waals surface area contributed by atoms with Gasteiger partial charge in [-0.2, -0.15) is 5.26 Å². The molecule has 5 heteroatoms. The van der Waals surface area contributed by atoms with Gasteiger partial charge in [0, 0.05) is 10.5 Å². The second-order valence-corrected chi connectivity index (χ2v) is 5.03. The molecule has 0 spiro atoms. The Morgan fingerprint density at radius 1 is 1.21 bits per heavy atom. The first-order valence-electron chi connectivity index (χ1n) is 5.41. The zero-order valence-corrected chi connectivity index (χ0v) is 12.1. The zero-order valence-electron chi connectivity index (χ0n) is 9.73. The molecule has 1 N–H and O–H groups in total. The van der Waals surface area contributed by atoms with Crippen LogP contribution in [0, 0.1) is 11.3 Å². The molecule has 0 aliphatic rings. The zero-order chi connectivity index (χ0) is 13.8. The van der Waals surface area contributed by atoms with E-state index in [9.17, 15) is 5.11 Å². The van der Waals surface area contributed by atoms with Crippen molar-refractivity contribution in [1.29, 1.82) is 5.26 Å². The number of hydrogen-bond acceptors (Lipinski definition) is 3. The highest BCUT2D eigenvalue weighted by Crippen LogP contribution is 2.29. The lowest BCUT2D eigenvalue weighted by Crippen LogP contribution is -1.89. The van der Waals surface area contributed by atoms with E-state index in [1.165, 1.54) is 0 Å². The number of rotatable bonds is 3. The van der Waals surface area contributed by atoms with E-state index in [1.54, 1.807) is 36.4 Å². The van der Waals surface area contributed by atoms with E-state index in [0.29, 0.717) is 22.1 Å². The third kappa shape index (κ3) is 3.27. The van der Waals surface area contributed by atoms with Crippen molar-refractivity contribution in [3.05, 3.63) is 57.0 Å². The summed E-state index contributed by atoms with van der Waals surface area (Å²) in [6, 6.07) is 12.1. The van der Waals surface area contributed by atoms with E-state index in [-0.39, 0.29) is 6.61 Å². The van der Waals surface area contributed by atoms with Crippen molar-refractivity contribution < 1.29 is 9.84 Å². The summed E-state index contributed by atoms with van der Waals surface area (Å²) in [5, 5.41) is 18.3. The summed E-state index contributed by atoms with van der Waals surface area (Å²) in [6.45, 7) is -0.0775. The highest BCUT2D eigenvalue weighted by atomic mass is 79.9. The number of aliphatic hydroxyl groups is 1. The molecular weight excluding hydrogens is 330 g/mol. The molecule has 0 radical (unpaired) electrons. The van der Waals surface area contributed by atoms with E-state index < -0.39 is 0 Å². The van der Waals surface area contributed by atoms with Crippen molar-refractivity contribution in [3.63, 3.8) is 0 Å². The monoisotopic (exact) mass is 337 g/mol. The summed E-state index contributed by atoms with van der Waals surface area (Å²) < 4.78 is 6.45. The fraction of sp³-hybridized carbons (Fsp3) is 0.0714. The number of benzene rings is 2. The van der Waals surface area contributed by atoms with Crippen molar-refractivity contribution in [2.45, 2.75) is 6.61 Å². The number of nitriles is 1. The van der Waals surface area contributed by atoms with Gasteiger partial charge in [-0.25, -0.2) is 0 Å². The molecule has 0 saturated heterocycles. The number of ether oxygens (including phenoxy) is 1. The number of hydrogen-bond donors (Lipinski definition) is 1. The van der Waals surface area contributed by atoms with Crippen molar-refractivity contribution in [3.8, 4) is 17.6 Å². The molecule has 0 unspecified atom stereocenters. The molecule has 0 amide bonds. The second-order valence-electron chi connectivity index (χ2n) is 3.77. The fourth-order valence-electron chi connectivity index (χ4n) is 1.52. The first-order valence-corrected chi connectivity index (χ1v) is 6.58. The summed E-state index contributed by atoms with van der Waals surface area (Å²) in [5.41, 5.74) is 1.14. The Balaban J connectivity index is 2.26. The quantitative estimate of drug-likeness (QED) is 0.910. The molecule has 2 aromatic carbocycles. The van der Waals surface area contributed by atoms with Crippen LogP contribution in [0.1, 0.15) is 11.1 Å². The van der Waals surface area contributed by atoms with Crippen molar-refractivity contribution in [2.24, 2.45) is 0 Å². The molecule has 0 aliphatic carbocycles. The van der Waals surface area contributed by atoms with Crippen LogP contribution in [0.15, 0.2) is 40.9 Å². The van der Waals surface area contributed by atoms with Crippen LogP contribution in [-0.4, -0.2) is 5.11 Å². The van der Waals surface area contributed by atoms with E-state index in [0.717, 1.165) is 10.0 Å². The maximum atomic E-state index is 9.18. The minimum atomic E-state index is -0.0775. The molecular formula is C14H9BrClNO2. The molecule has 0 aliphatic heterocycles. The van der Waals surface area contributed by atoms with Gasteiger partial charge in [0.15, 0.2) is 0 Å². The summed E-state index contributed by atoms with van der Waals surface area (Å²) in [5.74, 6) is 1.13. The average Bonchev–Trinajstić information content (AvgIpc) is 2.41. The largest absolute Gasteiger partial charge is 0.457 e. The number of aliphatic hydroxyl groups excluding tert-OH is 1. The topological polar surface area (TPSA) is 53.2 Å². The minimum absolute atomic E-state index is 0.0775. The Kier molecular flexibility index (Phi) is 4.43. The van der Waals surface area contributed by atoms with Crippen LogP contribution >= 0.6 is 27.5 Å². The molecule has 96 valence electrons. The third-order valence-corrected chi connectivity index (χ3v) is 3.57. The lowest BCUT2D eigenvalue weighted by atomic mass is 10.2. The van der Waals surface area contributed by atoms with Crippen LogP contribution in [-0.2, 0) is 6.61 Å². The van der Waals surface area contributed by atoms with Gasteiger partial charge >= 0.3 is 0 Å². The van der Waals surface area contributed by atoms with E-state index >= 15 is 0 Å². The Bertz CT molecular complexity index is 643. The normalized spacial score (nSPS) is 10.0. The maximum absolute atomic E-state index is 9.18. The van der Waals surface area contributed by atoms with Gasteiger partial charge in [0.2, 0.25) is 0 Å². The number of halogens is 2. The van der Waals surface area contributed by atoms with Crippen molar-refractivity contribution in [2.75, 3.05) is 0 Å². The van der Waals surface area contributed by atoms with Gasteiger partial charge in [-0.05, 0) is 35.9 Å². The minimum Gasteiger partial charge on any atom is -0.457 e. The van der Waals surface area contributed by atoms with Gasteiger partial charge in [0.1, 0.15) is 17.6 Å². The van der Waals surface area contributed by atoms with Crippen LogP contribution in [0.2, 0.25) is 5.02 Å². The Hall–Kier alpha value is -1.54. The highest BCUT2D eigenvalue weighted by molar-refractivity contribution is 9.10. The molecule has 3 nitrogen and oxygen atoms in total. The van der Waals surface area contributed by atoms with Gasteiger partial charge in [-0.1, -0.05) is 27.5 Å². The van der Waals surface area contributed by atoms with E-state index in [4.69, 9.17) is 21.6 Å². The third-order valence-electron chi connectivity index (χ3n) is 2.48. The lowest BCUT2D eigenvalue weighted by Gasteiger charge is -2.08. The first-order chi connectivity index (χ1) is 9.13. The predicted octanol–water partition coefficient (Wildman–Crippen LogP) is 4.26. The van der Waals surface area contributed by atoms with Gasteiger partial charge in [-0.3, -0.25) is 0 Å². The summed E-state index contributed by atoms with van der Waals surface area (Å²) in [7, 11) is 0. The van der Waals surface area contributed by atoms with Crippen LogP contribution in [0.5, 0.6) is 11.5 Å². The van der Waals surface area contributed by atoms with Gasteiger partial charge in [0.05, 0.1) is 17.2 Å². The average molecular weight is 339 g/mol. The molecule has 2 rings (SSSR count). The SMILES string of the molecule is N#Cc1ccc(Oc2ccc(Br)c(CO)c2)cc1Cl. The maximum Gasteiger partial charge on any atom is 0.129 e. The Morgan fingerprint density at radius 3 is 2.53 bits per heavy atom. The van der Waals surface area contributed by atoms with Crippen LogP contribution in [0.4, 0.5) is 0 Å². The van der Waals surface area contributed by atoms with Crippen LogP contribution < -0.4 is 4.74 Å². The molecule has 0 saturated carbocycles. The fourth-order valence-corrected chi connectivity index (χ4v) is 2.11. The molecule has 0 bridgehead atoms. The molecule has 0 atom stereocenters. The predicted molar refractivity (Wildman–Crippen MR) is 76.3 cm³/mol. The van der Waals surface area contributed by atoms with Crippen molar-refractivity contribution >= 4 is 27.5 Å². The summed E-state index contributed by atoms with van der Waals surface area (Å²) in [6.07, 6.45) is 0. The van der Waals surface area contributed by atoms with E-state index in [2.05, 4.69) is 15.9 Å². The molecule has 0 aromatic heterocycles. The standard InChI is InChI=1S/C14H9BrClNO2/c15-13-4-3-11(5-10(13)8-18)19-12-2-1-9(7-17)14(16)6-12/h1-6,18H,8H2. The van der Waals surface area contributed by atoms with E-state index in [1.807, 2.05) is 6.07 Å². The first kappa shape index (κ1) is 13.9. The van der Waals surface area contributed by atoms with Crippen molar-refractivity contribution in [1.82, 2.24) is 0 Å². The Labute approximate surface area is 124 Å². The van der Waals surface area contributed by atoms with Crippen LogP contribution in [0.3, 0.4) is 0 Å².